The molecule has 2 aliphatic heterocycles. The average Bonchev–Trinajstić information content (AvgIpc) is 3.30. The van der Waals surface area contributed by atoms with Gasteiger partial charge in [-0.25, -0.2) is 4.98 Å². The number of amides is 2. The molecular formula is C23H32N5NaO5S2. The van der Waals surface area contributed by atoms with Crippen LogP contribution in [0.2, 0.25) is 0 Å². The number of aliphatic carboxylic acids is 1. The first-order valence-electron chi connectivity index (χ1n) is 11.9. The van der Waals surface area contributed by atoms with Crippen LogP contribution in [-0.2, 0) is 19.2 Å². The third-order valence-corrected chi connectivity index (χ3v) is 9.42. The third kappa shape index (κ3) is 5.57. The summed E-state index contributed by atoms with van der Waals surface area (Å²) >= 11 is 2.50. The summed E-state index contributed by atoms with van der Waals surface area (Å²) in [5.41, 5.74) is 6.01. The Morgan fingerprint density at radius 3 is 2.64 bits per heavy atom. The molecule has 6 atom stereocenters. The van der Waals surface area contributed by atoms with Crippen molar-refractivity contribution in [1.29, 1.82) is 0 Å². The summed E-state index contributed by atoms with van der Waals surface area (Å²) in [5.74, 6) is -1.16. The zero-order valence-corrected chi connectivity index (χ0v) is 25.1. The van der Waals surface area contributed by atoms with Crippen molar-refractivity contribution < 1.29 is 53.9 Å². The van der Waals surface area contributed by atoms with Crippen molar-refractivity contribution in [2.45, 2.75) is 82.2 Å². The van der Waals surface area contributed by atoms with E-state index in [-0.39, 0.29) is 52.2 Å². The second kappa shape index (κ2) is 11.2. The Kier molecular flexibility index (Phi) is 9.08. The topological polar surface area (TPSA) is 150 Å². The van der Waals surface area contributed by atoms with Gasteiger partial charge in [0.1, 0.15) is 23.2 Å². The molecule has 3 N–H and O–H groups in total. The first-order valence-corrected chi connectivity index (χ1v) is 13.6. The summed E-state index contributed by atoms with van der Waals surface area (Å²) in [7, 11) is 0. The number of thioether (sulfide) groups is 1. The first-order chi connectivity index (χ1) is 16.4. The van der Waals surface area contributed by atoms with Gasteiger partial charge in [0, 0.05) is 16.0 Å². The van der Waals surface area contributed by atoms with E-state index in [2.05, 4.69) is 36.2 Å². The van der Waals surface area contributed by atoms with Crippen molar-refractivity contribution in [2.75, 3.05) is 5.73 Å². The fraction of sp³-hybridized carbons (Fsp3) is 0.696. The first kappa shape index (κ1) is 29.2. The van der Waals surface area contributed by atoms with Gasteiger partial charge >= 0.3 is 29.6 Å². The molecule has 3 fully saturated rings. The molecule has 10 nitrogen and oxygen atoms in total. The zero-order valence-electron chi connectivity index (χ0n) is 21.5. The maximum absolute atomic E-state index is 13.3. The Hall–Kier alpha value is -1.34. The van der Waals surface area contributed by atoms with Crippen LogP contribution >= 0.6 is 23.1 Å². The van der Waals surface area contributed by atoms with E-state index in [1.165, 1.54) is 28.0 Å². The van der Waals surface area contributed by atoms with Crippen molar-refractivity contribution in [3.05, 3.63) is 11.1 Å². The fourth-order valence-electron chi connectivity index (χ4n) is 5.29. The number of nitrogen functional groups attached to an aromatic ring is 1. The smallest absolute Gasteiger partial charge is 0.548 e. The summed E-state index contributed by atoms with van der Waals surface area (Å²) in [6.07, 6.45) is 2.87. The fourth-order valence-corrected chi connectivity index (χ4v) is 7.46. The minimum absolute atomic E-state index is 0. The van der Waals surface area contributed by atoms with Crippen molar-refractivity contribution in [2.24, 2.45) is 22.9 Å². The maximum atomic E-state index is 13.3. The summed E-state index contributed by atoms with van der Waals surface area (Å²) in [4.78, 5) is 49.2. The molecule has 0 aromatic carbocycles. The Morgan fingerprint density at radius 1 is 1.36 bits per heavy atom. The van der Waals surface area contributed by atoms with Gasteiger partial charge in [0.05, 0.1) is 12.0 Å². The Balaban J connectivity index is 0.00000361. The molecule has 0 radical (unpaired) electrons. The quantitative estimate of drug-likeness (QED) is 0.177. The number of hydrogen-bond donors (Lipinski definition) is 2. The molecule has 0 spiro atoms. The largest absolute Gasteiger partial charge is 1.00 e. The number of carbonyl (C=O) groups is 3. The van der Waals surface area contributed by atoms with E-state index in [1.54, 1.807) is 19.2 Å². The number of rotatable bonds is 7. The number of oxime groups is 1. The van der Waals surface area contributed by atoms with E-state index in [0.29, 0.717) is 17.8 Å². The molecule has 36 heavy (non-hydrogen) atoms. The van der Waals surface area contributed by atoms with E-state index in [4.69, 9.17) is 10.6 Å². The van der Waals surface area contributed by atoms with Gasteiger partial charge in [-0.3, -0.25) is 9.59 Å². The molecule has 1 aromatic rings. The molecule has 0 bridgehead atoms. The van der Waals surface area contributed by atoms with Crippen molar-refractivity contribution >= 4 is 51.7 Å². The van der Waals surface area contributed by atoms with Gasteiger partial charge in [-0.2, -0.15) is 0 Å². The number of aromatic nitrogens is 1. The number of fused-ring (bicyclic) bond motifs is 1. The molecule has 2 amide bonds. The van der Waals surface area contributed by atoms with Crippen LogP contribution in [0.25, 0.3) is 0 Å². The molecule has 13 heteroatoms. The summed E-state index contributed by atoms with van der Waals surface area (Å²) in [6, 6.07) is -1.94. The van der Waals surface area contributed by atoms with Gasteiger partial charge in [0.15, 0.2) is 10.8 Å². The standard InChI is InChI=1S/C23H33N5O5S2.Na/c1-10(2)12-7-6-11(3)8-14(12)33-27-15(13-9-34-22(24)25-13)18(29)26-16-19(30)28-17(21(31)32)23(4,5)35-20(16)28;/h9-12,14,16-17,20H,6-8H2,1-5H3,(H2,24,25)(H,26,29)(H,31,32);/q;+1/p-1/b27-15-;/t11-,12+,14+,16+,17+,20-;/m1./s1. The Labute approximate surface area is 241 Å². The maximum Gasteiger partial charge on any atom is 1.00 e. The molecule has 3 aliphatic rings. The Bertz CT molecular complexity index is 1050. The average molecular weight is 546 g/mol. The summed E-state index contributed by atoms with van der Waals surface area (Å²) in [5, 5.41) is 20.0. The number of hydrogen-bond acceptors (Lipinski definition) is 10. The molecular weight excluding hydrogens is 513 g/mol. The van der Waals surface area contributed by atoms with E-state index in [1.807, 2.05) is 0 Å². The molecule has 1 aliphatic carbocycles. The van der Waals surface area contributed by atoms with Crippen LogP contribution in [0.5, 0.6) is 0 Å². The Morgan fingerprint density at radius 2 is 2.06 bits per heavy atom. The number of carbonyl (C=O) groups excluding carboxylic acids is 3. The summed E-state index contributed by atoms with van der Waals surface area (Å²) in [6.45, 7) is 9.99. The zero-order chi connectivity index (χ0) is 25.7. The van der Waals surface area contributed by atoms with Crippen molar-refractivity contribution in [1.82, 2.24) is 15.2 Å². The summed E-state index contributed by atoms with van der Waals surface area (Å²) < 4.78 is -0.744. The number of carboxylic acids is 1. The van der Waals surface area contributed by atoms with E-state index >= 15 is 0 Å². The number of nitrogens with one attached hydrogen (secondary N) is 1. The van der Waals surface area contributed by atoms with Crippen LogP contribution in [0.1, 0.15) is 59.6 Å². The minimum Gasteiger partial charge on any atom is -0.548 e. The van der Waals surface area contributed by atoms with Crippen LogP contribution in [0.3, 0.4) is 0 Å². The molecule has 1 aromatic heterocycles. The molecule has 4 rings (SSSR count). The van der Waals surface area contributed by atoms with Gasteiger partial charge < -0.3 is 30.7 Å². The van der Waals surface area contributed by atoms with Gasteiger partial charge in [-0.05, 0) is 38.5 Å². The van der Waals surface area contributed by atoms with E-state index in [9.17, 15) is 19.5 Å². The van der Waals surface area contributed by atoms with Crippen LogP contribution < -0.4 is 45.7 Å². The van der Waals surface area contributed by atoms with Gasteiger partial charge in [0.2, 0.25) is 5.91 Å². The second-order valence-corrected chi connectivity index (χ2v) is 13.2. The number of anilines is 1. The predicted octanol–water partition coefficient (Wildman–Crippen LogP) is -1.79. The number of carboxylic acid groups (broad SMARTS) is 1. The van der Waals surface area contributed by atoms with Crippen LogP contribution in [0.4, 0.5) is 5.13 Å². The molecule has 3 heterocycles. The van der Waals surface area contributed by atoms with E-state index in [0.717, 1.165) is 19.3 Å². The SMILES string of the molecule is CC(C)[C@@H]1CC[C@@H](C)C[C@@H]1O/N=C(\C(=O)N[C@H]1C(=O)N2[C@@H]1SC(C)(C)[C@@H]2C(=O)[O-])c1csc(N)n1.[Na+]. The monoisotopic (exact) mass is 545 g/mol. The number of thiazole rings is 1. The van der Waals surface area contributed by atoms with Gasteiger partial charge in [-0.15, -0.1) is 23.1 Å². The number of β-lactam (4-membered cyclic amide) rings is 1. The molecule has 0 unspecified atom stereocenters. The molecule has 192 valence electrons. The molecule has 2 saturated heterocycles. The molecule has 1 saturated carbocycles. The number of nitrogens with zero attached hydrogens (tertiary/aromatic N) is 3. The predicted molar refractivity (Wildman–Crippen MR) is 132 cm³/mol. The van der Waals surface area contributed by atoms with Crippen LogP contribution in [0.15, 0.2) is 10.5 Å². The van der Waals surface area contributed by atoms with Crippen LogP contribution in [-0.4, -0.2) is 61.7 Å². The normalized spacial score (nSPS) is 31.3. The minimum atomic E-state index is -1.31. The number of nitrogens with two attached hydrogens (primary N) is 1. The third-order valence-electron chi connectivity index (χ3n) is 7.17. The van der Waals surface area contributed by atoms with Crippen LogP contribution in [0, 0.1) is 17.8 Å². The van der Waals surface area contributed by atoms with Gasteiger partial charge in [-0.1, -0.05) is 32.3 Å². The van der Waals surface area contributed by atoms with Gasteiger partial charge in [0.25, 0.3) is 5.91 Å². The van der Waals surface area contributed by atoms with Crippen molar-refractivity contribution in [3.8, 4) is 0 Å². The van der Waals surface area contributed by atoms with E-state index < -0.39 is 40.0 Å². The second-order valence-electron chi connectivity index (χ2n) is 10.5. The van der Waals surface area contributed by atoms with Crippen molar-refractivity contribution in [3.63, 3.8) is 0 Å².